The Kier molecular flexibility index (Phi) is 5.60. The molecule has 1 amide bonds. The van der Waals surface area contributed by atoms with Crippen LogP contribution in [-0.4, -0.2) is 28.0 Å². The summed E-state index contributed by atoms with van der Waals surface area (Å²) in [6.45, 7) is 0.541. The molecule has 0 saturated carbocycles. The molecule has 0 aliphatic rings. The van der Waals surface area contributed by atoms with Gasteiger partial charge in [0, 0.05) is 36.4 Å². The molecule has 3 aromatic rings. The van der Waals surface area contributed by atoms with E-state index in [9.17, 15) is 4.79 Å². The predicted molar refractivity (Wildman–Crippen MR) is 99.6 cm³/mol. The first kappa shape index (κ1) is 17.6. The smallest absolute Gasteiger partial charge is 0.258 e. The van der Waals surface area contributed by atoms with Crippen LogP contribution < -0.4 is 15.4 Å². The van der Waals surface area contributed by atoms with Crippen LogP contribution in [0.15, 0.2) is 55.1 Å². The second-order valence-electron chi connectivity index (χ2n) is 5.31. The third-order valence-corrected chi connectivity index (χ3v) is 3.73. The molecule has 0 atom stereocenters. The zero-order valence-corrected chi connectivity index (χ0v) is 14.7. The number of amides is 1. The number of carbonyl (C=O) groups excluding carboxylic acids is 1. The van der Waals surface area contributed by atoms with E-state index in [2.05, 4.69) is 25.6 Å². The van der Waals surface area contributed by atoms with E-state index in [0.717, 1.165) is 5.56 Å². The Morgan fingerprint density at radius 1 is 1.19 bits per heavy atom. The van der Waals surface area contributed by atoms with E-state index in [0.29, 0.717) is 34.5 Å². The number of hydrogen-bond donors (Lipinski definition) is 2. The number of benzene rings is 1. The van der Waals surface area contributed by atoms with Gasteiger partial charge in [0.2, 0.25) is 5.95 Å². The molecule has 132 valence electrons. The van der Waals surface area contributed by atoms with Crippen LogP contribution in [0.4, 0.5) is 11.6 Å². The number of nitrogens with zero attached hydrogens (tertiary/aromatic N) is 3. The Balaban J connectivity index is 1.64. The van der Waals surface area contributed by atoms with E-state index in [1.54, 1.807) is 30.6 Å². The van der Waals surface area contributed by atoms with Gasteiger partial charge in [-0.3, -0.25) is 9.78 Å². The van der Waals surface area contributed by atoms with Crippen LogP contribution in [0.2, 0.25) is 5.02 Å². The Bertz CT molecular complexity index is 888. The first-order chi connectivity index (χ1) is 12.7. The fourth-order valence-corrected chi connectivity index (χ4v) is 2.36. The summed E-state index contributed by atoms with van der Waals surface area (Å²) < 4.78 is 5.21. The molecule has 0 aliphatic heterocycles. The molecule has 1 aromatic carbocycles. The molecule has 8 heteroatoms. The lowest BCUT2D eigenvalue weighted by Gasteiger charge is -2.10. The quantitative estimate of drug-likeness (QED) is 0.692. The summed E-state index contributed by atoms with van der Waals surface area (Å²) in [5, 5.41) is 6.30. The number of rotatable bonds is 6. The SMILES string of the molecule is COc1ccc(Cl)cc1NC(=O)c1cnc(NCc2cccnc2)nc1. The fourth-order valence-electron chi connectivity index (χ4n) is 2.19. The lowest BCUT2D eigenvalue weighted by molar-refractivity contribution is 0.102. The minimum absolute atomic E-state index is 0.318. The van der Waals surface area contributed by atoms with Gasteiger partial charge in [-0.15, -0.1) is 0 Å². The van der Waals surface area contributed by atoms with Gasteiger partial charge in [0.25, 0.3) is 5.91 Å². The maximum atomic E-state index is 12.4. The Labute approximate surface area is 155 Å². The molecule has 26 heavy (non-hydrogen) atoms. The Morgan fingerprint density at radius 3 is 2.69 bits per heavy atom. The number of methoxy groups -OCH3 is 1. The van der Waals surface area contributed by atoms with Crippen molar-refractivity contribution in [1.29, 1.82) is 0 Å². The standard InChI is InChI=1S/C18H16ClN5O2/c1-26-16-5-4-14(19)7-15(16)24-17(25)13-10-22-18(23-11-13)21-9-12-3-2-6-20-8-12/h2-8,10-11H,9H2,1H3,(H,24,25)(H,21,22,23). The van der Waals surface area contributed by atoms with Gasteiger partial charge < -0.3 is 15.4 Å². The maximum absolute atomic E-state index is 12.4. The third kappa shape index (κ3) is 4.46. The van der Waals surface area contributed by atoms with Gasteiger partial charge in [0.15, 0.2) is 0 Å². The largest absolute Gasteiger partial charge is 0.495 e. The molecule has 0 unspecified atom stereocenters. The van der Waals surface area contributed by atoms with Crippen LogP contribution in [0.1, 0.15) is 15.9 Å². The molecule has 0 fully saturated rings. The zero-order valence-electron chi connectivity index (χ0n) is 13.9. The van der Waals surface area contributed by atoms with Gasteiger partial charge in [-0.05, 0) is 29.8 Å². The topological polar surface area (TPSA) is 89.0 Å². The summed E-state index contributed by atoms with van der Waals surface area (Å²) in [5.41, 5.74) is 1.80. The molecule has 2 aromatic heterocycles. The first-order valence-corrected chi connectivity index (χ1v) is 8.13. The van der Waals surface area contributed by atoms with Crippen molar-refractivity contribution in [3.8, 4) is 5.75 Å². The van der Waals surface area contributed by atoms with Crippen LogP contribution >= 0.6 is 11.6 Å². The Hall–Kier alpha value is -3.19. The van der Waals surface area contributed by atoms with Gasteiger partial charge in [0.1, 0.15) is 5.75 Å². The summed E-state index contributed by atoms with van der Waals surface area (Å²) in [5.74, 6) is 0.577. The average molecular weight is 370 g/mol. The van der Waals surface area contributed by atoms with Crippen molar-refractivity contribution in [2.24, 2.45) is 0 Å². The van der Waals surface area contributed by atoms with Crippen LogP contribution in [0.3, 0.4) is 0 Å². The summed E-state index contributed by atoms with van der Waals surface area (Å²) in [7, 11) is 1.52. The molecule has 7 nitrogen and oxygen atoms in total. The number of ether oxygens (including phenoxy) is 1. The highest BCUT2D eigenvalue weighted by molar-refractivity contribution is 6.31. The van der Waals surface area contributed by atoms with E-state index in [-0.39, 0.29) is 5.91 Å². The van der Waals surface area contributed by atoms with Crippen molar-refractivity contribution >= 4 is 29.1 Å². The lowest BCUT2D eigenvalue weighted by Crippen LogP contribution is -2.14. The molecular weight excluding hydrogens is 354 g/mol. The van der Waals surface area contributed by atoms with Crippen molar-refractivity contribution in [3.63, 3.8) is 0 Å². The number of carbonyl (C=O) groups is 1. The summed E-state index contributed by atoms with van der Waals surface area (Å²) >= 11 is 5.97. The molecular formula is C18H16ClN5O2. The highest BCUT2D eigenvalue weighted by Crippen LogP contribution is 2.28. The van der Waals surface area contributed by atoms with Crippen molar-refractivity contribution in [3.05, 3.63) is 71.3 Å². The van der Waals surface area contributed by atoms with Crippen LogP contribution in [0.25, 0.3) is 0 Å². The van der Waals surface area contributed by atoms with Crippen molar-refractivity contribution in [1.82, 2.24) is 15.0 Å². The van der Waals surface area contributed by atoms with Gasteiger partial charge in [0.05, 0.1) is 18.4 Å². The minimum Gasteiger partial charge on any atom is -0.495 e. The maximum Gasteiger partial charge on any atom is 0.258 e. The van der Waals surface area contributed by atoms with E-state index in [4.69, 9.17) is 16.3 Å². The van der Waals surface area contributed by atoms with Gasteiger partial charge in [-0.1, -0.05) is 17.7 Å². The van der Waals surface area contributed by atoms with Gasteiger partial charge in [-0.2, -0.15) is 0 Å². The number of hydrogen-bond acceptors (Lipinski definition) is 6. The number of pyridine rings is 1. The molecule has 0 aliphatic carbocycles. The van der Waals surface area contributed by atoms with Crippen LogP contribution in [0.5, 0.6) is 5.75 Å². The predicted octanol–water partition coefficient (Wildman–Crippen LogP) is 3.40. The van der Waals surface area contributed by atoms with E-state index < -0.39 is 0 Å². The second-order valence-corrected chi connectivity index (χ2v) is 5.75. The van der Waals surface area contributed by atoms with Gasteiger partial charge >= 0.3 is 0 Å². The molecule has 0 spiro atoms. The molecule has 0 saturated heterocycles. The van der Waals surface area contributed by atoms with E-state index >= 15 is 0 Å². The first-order valence-electron chi connectivity index (χ1n) is 7.75. The molecule has 3 rings (SSSR count). The number of anilines is 2. The van der Waals surface area contributed by atoms with Crippen molar-refractivity contribution in [2.75, 3.05) is 17.7 Å². The van der Waals surface area contributed by atoms with E-state index in [1.165, 1.54) is 19.5 Å². The third-order valence-electron chi connectivity index (χ3n) is 3.50. The number of halogens is 1. The number of nitrogens with one attached hydrogen (secondary N) is 2. The highest BCUT2D eigenvalue weighted by Gasteiger charge is 2.11. The normalized spacial score (nSPS) is 10.2. The summed E-state index contributed by atoms with van der Waals surface area (Å²) in [6.07, 6.45) is 6.37. The molecule has 0 radical (unpaired) electrons. The van der Waals surface area contributed by atoms with E-state index in [1.807, 2.05) is 12.1 Å². The number of aromatic nitrogens is 3. The average Bonchev–Trinajstić information content (AvgIpc) is 2.68. The van der Waals surface area contributed by atoms with Crippen molar-refractivity contribution in [2.45, 2.75) is 6.54 Å². The van der Waals surface area contributed by atoms with Crippen LogP contribution in [0, 0.1) is 0 Å². The fraction of sp³-hybridized carbons (Fsp3) is 0.111. The lowest BCUT2D eigenvalue weighted by atomic mass is 10.2. The summed E-state index contributed by atoms with van der Waals surface area (Å²) in [6, 6.07) is 8.78. The highest BCUT2D eigenvalue weighted by atomic mass is 35.5. The zero-order chi connectivity index (χ0) is 18.4. The minimum atomic E-state index is -0.357. The van der Waals surface area contributed by atoms with Crippen molar-refractivity contribution < 1.29 is 9.53 Å². The molecule has 0 bridgehead atoms. The molecule has 2 N–H and O–H groups in total. The Morgan fingerprint density at radius 2 is 2.00 bits per heavy atom. The summed E-state index contributed by atoms with van der Waals surface area (Å²) in [4.78, 5) is 24.7. The second kappa shape index (κ2) is 8.26. The van der Waals surface area contributed by atoms with Crippen LogP contribution in [-0.2, 0) is 6.54 Å². The molecule has 2 heterocycles. The van der Waals surface area contributed by atoms with Gasteiger partial charge in [-0.25, -0.2) is 9.97 Å². The monoisotopic (exact) mass is 369 g/mol.